The number of aromatic nitrogens is 2. The molecule has 1 aromatic rings. The van der Waals surface area contributed by atoms with Gasteiger partial charge in [0.1, 0.15) is 0 Å². The van der Waals surface area contributed by atoms with Gasteiger partial charge in [0.25, 0.3) is 0 Å². The predicted octanol–water partition coefficient (Wildman–Crippen LogP) is 1.77. The van der Waals surface area contributed by atoms with Gasteiger partial charge in [-0.3, -0.25) is 4.90 Å². The number of nitrogens with zero attached hydrogens (tertiary/aromatic N) is 3. The molecule has 1 aliphatic rings. The second kappa shape index (κ2) is 6.29. The van der Waals surface area contributed by atoms with Crippen molar-refractivity contribution in [2.45, 2.75) is 52.1 Å². The Balaban J connectivity index is 1.95. The normalized spacial score (nSPS) is 17.8. The first-order valence-electron chi connectivity index (χ1n) is 6.98. The lowest BCUT2D eigenvalue weighted by Gasteiger charge is -2.32. The summed E-state index contributed by atoms with van der Waals surface area (Å²) in [5.74, 6) is 1.89. The fourth-order valence-electron chi connectivity index (χ4n) is 2.41. The van der Waals surface area contributed by atoms with E-state index < -0.39 is 0 Å². The zero-order valence-corrected chi connectivity index (χ0v) is 11.6. The lowest BCUT2D eigenvalue weighted by molar-refractivity contribution is 0.144. The van der Waals surface area contributed by atoms with E-state index in [0.29, 0.717) is 12.0 Å². The maximum absolute atomic E-state index is 5.33. The molecule has 2 rings (SSSR count). The first-order valence-corrected chi connectivity index (χ1v) is 6.98. The van der Waals surface area contributed by atoms with E-state index >= 15 is 0 Å². The molecule has 2 heterocycles. The number of nitrogens with one attached hydrogen (secondary N) is 1. The van der Waals surface area contributed by atoms with Gasteiger partial charge in [-0.25, -0.2) is 0 Å². The standard InChI is InChI=1S/C13H24N4O/c1-4-17(11-5-7-14-8-6-11)9-12-15-13(10(2)3)16-18-12/h10-11,14H,4-9H2,1-3H3. The monoisotopic (exact) mass is 252 g/mol. The molecule has 0 aromatic carbocycles. The Labute approximate surface area is 109 Å². The van der Waals surface area contributed by atoms with Gasteiger partial charge in [0.15, 0.2) is 5.82 Å². The Kier molecular flexibility index (Phi) is 4.72. The minimum Gasteiger partial charge on any atom is -0.338 e. The summed E-state index contributed by atoms with van der Waals surface area (Å²) in [7, 11) is 0. The molecule has 0 atom stereocenters. The van der Waals surface area contributed by atoms with Gasteiger partial charge in [-0.2, -0.15) is 4.98 Å². The number of piperidine rings is 1. The van der Waals surface area contributed by atoms with Crippen molar-refractivity contribution < 1.29 is 4.52 Å². The number of rotatable bonds is 5. The predicted molar refractivity (Wildman–Crippen MR) is 70.4 cm³/mol. The third kappa shape index (κ3) is 3.29. The van der Waals surface area contributed by atoms with Gasteiger partial charge in [-0.1, -0.05) is 25.9 Å². The van der Waals surface area contributed by atoms with E-state index in [4.69, 9.17) is 4.52 Å². The van der Waals surface area contributed by atoms with Crippen LogP contribution in [-0.4, -0.2) is 40.7 Å². The van der Waals surface area contributed by atoms with Gasteiger partial charge in [-0.05, 0) is 32.5 Å². The van der Waals surface area contributed by atoms with Crippen molar-refractivity contribution in [3.8, 4) is 0 Å². The summed E-state index contributed by atoms with van der Waals surface area (Å²) in [6.07, 6.45) is 2.41. The van der Waals surface area contributed by atoms with E-state index in [1.807, 2.05) is 0 Å². The lowest BCUT2D eigenvalue weighted by atomic mass is 10.0. The van der Waals surface area contributed by atoms with Crippen LogP contribution < -0.4 is 5.32 Å². The van der Waals surface area contributed by atoms with E-state index in [1.54, 1.807) is 0 Å². The quantitative estimate of drug-likeness (QED) is 0.865. The summed E-state index contributed by atoms with van der Waals surface area (Å²) in [6, 6.07) is 0.644. The van der Waals surface area contributed by atoms with Crippen molar-refractivity contribution in [2.75, 3.05) is 19.6 Å². The zero-order valence-electron chi connectivity index (χ0n) is 11.6. The van der Waals surface area contributed by atoms with Crippen LogP contribution in [-0.2, 0) is 6.54 Å². The van der Waals surface area contributed by atoms with Crippen LogP contribution in [0.5, 0.6) is 0 Å². The second-order valence-corrected chi connectivity index (χ2v) is 5.25. The maximum atomic E-state index is 5.33. The SMILES string of the molecule is CCN(Cc1nc(C(C)C)no1)C1CCNCC1. The summed E-state index contributed by atoms with van der Waals surface area (Å²) in [5, 5.41) is 7.42. The van der Waals surface area contributed by atoms with Gasteiger partial charge < -0.3 is 9.84 Å². The van der Waals surface area contributed by atoms with Crippen LogP contribution in [0.15, 0.2) is 4.52 Å². The molecule has 1 saturated heterocycles. The van der Waals surface area contributed by atoms with Crippen molar-refractivity contribution in [3.63, 3.8) is 0 Å². The molecule has 0 radical (unpaired) electrons. The molecular formula is C13H24N4O. The Morgan fingerprint density at radius 1 is 1.39 bits per heavy atom. The highest BCUT2D eigenvalue weighted by molar-refractivity contribution is 4.92. The molecular weight excluding hydrogens is 228 g/mol. The van der Waals surface area contributed by atoms with Gasteiger partial charge in [-0.15, -0.1) is 0 Å². The average molecular weight is 252 g/mol. The van der Waals surface area contributed by atoms with Crippen LogP contribution in [0.2, 0.25) is 0 Å². The molecule has 1 aliphatic heterocycles. The van der Waals surface area contributed by atoms with E-state index in [9.17, 15) is 0 Å². The first-order chi connectivity index (χ1) is 8.70. The largest absolute Gasteiger partial charge is 0.338 e. The molecule has 102 valence electrons. The van der Waals surface area contributed by atoms with Crippen LogP contribution in [0.1, 0.15) is 51.2 Å². The third-order valence-electron chi connectivity index (χ3n) is 3.57. The second-order valence-electron chi connectivity index (χ2n) is 5.25. The molecule has 0 bridgehead atoms. The minimum atomic E-state index is 0.330. The van der Waals surface area contributed by atoms with Crippen molar-refractivity contribution >= 4 is 0 Å². The summed E-state index contributed by atoms with van der Waals surface area (Å²) in [6.45, 7) is 10.4. The number of hydrogen-bond donors (Lipinski definition) is 1. The molecule has 5 heteroatoms. The molecule has 0 spiro atoms. The highest BCUT2D eigenvalue weighted by Crippen LogP contribution is 2.16. The molecule has 1 N–H and O–H groups in total. The lowest BCUT2D eigenvalue weighted by Crippen LogP contribution is -2.42. The van der Waals surface area contributed by atoms with E-state index in [-0.39, 0.29) is 0 Å². The smallest absolute Gasteiger partial charge is 0.240 e. The molecule has 1 aromatic heterocycles. The Bertz CT molecular complexity index is 358. The summed E-state index contributed by atoms with van der Waals surface area (Å²) >= 11 is 0. The van der Waals surface area contributed by atoms with Crippen LogP contribution >= 0.6 is 0 Å². The first kappa shape index (κ1) is 13.5. The van der Waals surface area contributed by atoms with E-state index in [0.717, 1.165) is 37.9 Å². The molecule has 0 amide bonds. The Morgan fingerprint density at radius 3 is 2.67 bits per heavy atom. The van der Waals surface area contributed by atoms with Gasteiger partial charge in [0.05, 0.1) is 6.54 Å². The van der Waals surface area contributed by atoms with Crippen LogP contribution in [0.3, 0.4) is 0 Å². The van der Waals surface area contributed by atoms with Gasteiger partial charge in [0.2, 0.25) is 5.89 Å². The fraction of sp³-hybridized carbons (Fsp3) is 0.846. The average Bonchev–Trinajstić information content (AvgIpc) is 2.86. The van der Waals surface area contributed by atoms with Crippen molar-refractivity contribution in [1.29, 1.82) is 0 Å². The van der Waals surface area contributed by atoms with Crippen molar-refractivity contribution in [1.82, 2.24) is 20.4 Å². The third-order valence-corrected chi connectivity index (χ3v) is 3.57. The molecule has 5 nitrogen and oxygen atoms in total. The molecule has 1 fully saturated rings. The molecule has 0 saturated carbocycles. The molecule has 0 unspecified atom stereocenters. The van der Waals surface area contributed by atoms with Crippen molar-refractivity contribution in [2.24, 2.45) is 0 Å². The topological polar surface area (TPSA) is 54.2 Å². The number of hydrogen-bond acceptors (Lipinski definition) is 5. The van der Waals surface area contributed by atoms with E-state index in [2.05, 4.69) is 41.1 Å². The summed E-state index contributed by atoms with van der Waals surface area (Å²) in [4.78, 5) is 6.90. The maximum Gasteiger partial charge on any atom is 0.240 e. The Morgan fingerprint density at radius 2 is 2.11 bits per heavy atom. The van der Waals surface area contributed by atoms with Gasteiger partial charge in [0, 0.05) is 12.0 Å². The van der Waals surface area contributed by atoms with Gasteiger partial charge >= 0.3 is 0 Å². The summed E-state index contributed by atoms with van der Waals surface area (Å²) in [5.41, 5.74) is 0. The highest BCUT2D eigenvalue weighted by atomic mass is 16.5. The van der Waals surface area contributed by atoms with E-state index in [1.165, 1.54) is 12.8 Å². The highest BCUT2D eigenvalue weighted by Gasteiger charge is 2.22. The minimum absolute atomic E-state index is 0.330. The van der Waals surface area contributed by atoms with Crippen LogP contribution in [0, 0.1) is 0 Å². The Hall–Kier alpha value is -0.940. The zero-order chi connectivity index (χ0) is 13.0. The van der Waals surface area contributed by atoms with Crippen LogP contribution in [0.25, 0.3) is 0 Å². The molecule has 18 heavy (non-hydrogen) atoms. The fourth-order valence-corrected chi connectivity index (χ4v) is 2.41. The summed E-state index contributed by atoms with van der Waals surface area (Å²) < 4.78 is 5.33. The van der Waals surface area contributed by atoms with Crippen LogP contribution in [0.4, 0.5) is 0 Å². The van der Waals surface area contributed by atoms with Crippen molar-refractivity contribution in [3.05, 3.63) is 11.7 Å². The molecule has 0 aliphatic carbocycles.